The van der Waals surface area contributed by atoms with Crippen molar-refractivity contribution in [2.24, 2.45) is 5.92 Å². The fraction of sp³-hybridized carbons (Fsp3) is 0.556. The lowest BCUT2D eigenvalue weighted by atomic mass is 10.0. The average molecular weight is 226 g/mol. The number of rotatable bonds is 0. The SMILES string of the molecule is Nc1cc[n+]2c(n1)OCC1C(O)C(O)OC12. The number of ether oxygens (including phenoxy) is 2. The molecule has 2 aliphatic heterocycles. The summed E-state index contributed by atoms with van der Waals surface area (Å²) in [5.41, 5.74) is 5.53. The van der Waals surface area contributed by atoms with Crippen LogP contribution in [0.5, 0.6) is 6.01 Å². The Morgan fingerprint density at radius 3 is 3.12 bits per heavy atom. The van der Waals surface area contributed by atoms with E-state index in [0.29, 0.717) is 11.8 Å². The number of anilines is 1. The summed E-state index contributed by atoms with van der Waals surface area (Å²) < 4.78 is 12.2. The molecule has 0 saturated carbocycles. The Morgan fingerprint density at radius 2 is 2.31 bits per heavy atom. The van der Waals surface area contributed by atoms with Gasteiger partial charge >= 0.3 is 6.01 Å². The fourth-order valence-electron chi connectivity index (χ4n) is 2.05. The van der Waals surface area contributed by atoms with E-state index in [-0.39, 0.29) is 12.5 Å². The van der Waals surface area contributed by atoms with Gasteiger partial charge in [-0.3, -0.25) is 0 Å². The van der Waals surface area contributed by atoms with Gasteiger partial charge in [-0.15, -0.1) is 0 Å². The first-order chi connectivity index (χ1) is 7.66. The Bertz CT molecular complexity index is 427. The second kappa shape index (κ2) is 3.27. The Morgan fingerprint density at radius 1 is 1.50 bits per heavy atom. The molecular formula is C9H12N3O4+. The van der Waals surface area contributed by atoms with Gasteiger partial charge in [0.25, 0.3) is 0 Å². The molecule has 0 radical (unpaired) electrons. The van der Waals surface area contributed by atoms with Crippen LogP contribution in [0.4, 0.5) is 5.82 Å². The minimum absolute atomic E-state index is 0.249. The largest absolute Gasteiger partial charge is 0.502 e. The summed E-state index contributed by atoms with van der Waals surface area (Å²) >= 11 is 0. The Kier molecular flexibility index (Phi) is 2.00. The molecule has 7 heteroatoms. The summed E-state index contributed by atoms with van der Waals surface area (Å²) in [5.74, 6) is 0.0571. The van der Waals surface area contributed by atoms with Gasteiger partial charge in [-0.2, -0.15) is 4.57 Å². The van der Waals surface area contributed by atoms with Gasteiger partial charge in [-0.05, 0) is 0 Å². The van der Waals surface area contributed by atoms with E-state index in [1.54, 1.807) is 16.8 Å². The molecule has 0 bridgehead atoms. The van der Waals surface area contributed by atoms with Crippen molar-refractivity contribution in [3.8, 4) is 6.01 Å². The number of nitrogens with zero attached hydrogens (tertiary/aromatic N) is 2. The van der Waals surface area contributed by atoms with Crippen LogP contribution in [0, 0.1) is 5.92 Å². The van der Waals surface area contributed by atoms with E-state index in [9.17, 15) is 10.2 Å². The van der Waals surface area contributed by atoms with Crippen molar-refractivity contribution in [2.75, 3.05) is 12.3 Å². The topological polar surface area (TPSA) is 102 Å². The lowest BCUT2D eigenvalue weighted by molar-refractivity contribution is -0.780. The Balaban J connectivity index is 2.01. The van der Waals surface area contributed by atoms with Crippen molar-refractivity contribution in [2.45, 2.75) is 18.6 Å². The van der Waals surface area contributed by atoms with E-state index in [1.165, 1.54) is 0 Å². The monoisotopic (exact) mass is 226 g/mol. The summed E-state index contributed by atoms with van der Waals surface area (Å²) in [7, 11) is 0. The zero-order chi connectivity index (χ0) is 11.3. The molecule has 0 amide bonds. The maximum absolute atomic E-state index is 9.66. The van der Waals surface area contributed by atoms with E-state index in [1.807, 2.05) is 0 Å². The summed E-state index contributed by atoms with van der Waals surface area (Å²) in [4.78, 5) is 4.00. The lowest BCUT2D eigenvalue weighted by Gasteiger charge is -2.22. The minimum atomic E-state index is -1.19. The van der Waals surface area contributed by atoms with Crippen LogP contribution in [0.25, 0.3) is 0 Å². The predicted octanol–water partition coefficient (Wildman–Crippen LogP) is -1.83. The molecule has 1 aromatic heterocycles. The van der Waals surface area contributed by atoms with E-state index in [4.69, 9.17) is 15.2 Å². The van der Waals surface area contributed by atoms with E-state index >= 15 is 0 Å². The highest BCUT2D eigenvalue weighted by Gasteiger charge is 2.51. The molecular weight excluding hydrogens is 214 g/mol. The van der Waals surface area contributed by atoms with Crippen molar-refractivity contribution in [3.63, 3.8) is 0 Å². The van der Waals surface area contributed by atoms with E-state index in [2.05, 4.69) is 4.98 Å². The molecule has 2 aliphatic rings. The van der Waals surface area contributed by atoms with Gasteiger partial charge in [0, 0.05) is 11.1 Å². The quantitative estimate of drug-likeness (QED) is 0.450. The number of nitrogens with two attached hydrogens (primary N) is 1. The van der Waals surface area contributed by atoms with Gasteiger partial charge in [0.15, 0.2) is 6.29 Å². The molecule has 86 valence electrons. The number of hydrogen-bond acceptors (Lipinski definition) is 6. The minimum Gasteiger partial charge on any atom is -0.427 e. The fourth-order valence-corrected chi connectivity index (χ4v) is 2.05. The van der Waals surface area contributed by atoms with Crippen molar-refractivity contribution in [3.05, 3.63) is 12.3 Å². The summed E-state index contributed by atoms with van der Waals surface area (Å²) in [6.07, 6.45) is -0.918. The molecule has 1 aromatic rings. The van der Waals surface area contributed by atoms with Gasteiger partial charge < -0.3 is 25.4 Å². The number of fused-ring (bicyclic) bond motifs is 3. The third kappa shape index (κ3) is 1.26. The molecule has 4 atom stereocenters. The standard InChI is InChI=1S/C9H11N3O4/c10-5-1-2-12-7-4(3-15-9(12)11-5)6(13)8(14)16-7/h1-2,4,6-8,10,13-14H,3H2/p+1. The molecule has 7 nitrogen and oxygen atoms in total. The first-order valence-electron chi connectivity index (χ1n) is 4.99. The maximum atomic E-state index is 9.66. The smallest absolute Gasteiger partial charge is 0.427 e. The van der Waals surface area contributed by atoms with Gasteiger partial charge in [0.2, 0.25) is 12.0 Å². The highest BCUT2D eigenvalue weighted by molar-refractivity contribution is 5.24. The van der Waals surface area contributed by atoms with Gasteiger partial charge in [-0.25, -0.2) is 0 Å². The first kappa shape index (κ1) is 9.76. The highest BCUT2D eigenvalue weighted by atomic mass is 16.6. The van der Waals surface area contributed by atoms with E-state index < -0.39 is 18.6 Å². The molecule has 3 rings (SSSR count). The molecule has 0 spiro atoms. The van der Waals surface area contributed by atoms with Gasteiger partial charge in [-0.1, -0.05) is 0 Å². The molecule has 4 N–H and O–H groups in total. The van der Waals surface area contributed by atoms with Crippen LogP contribution in [-0.4, -0.2) is 34.2 Å². The number of aliphatic hydroxyl groups excluding tert-OH is 2. The van der Waals surface area contributed by atoms with Crippen LogP contribution < -0.4 is 15.0 Å². The summed E-state index contributed by atoms with van der Waals surface area (Å²) in [5, 5.41) is 19.1. The van der Waals surface area contributed by atoms with Crippen LogP contribution in [0.1, 0.15) is 6.23 Å². The predicted molar refractivity (Wildman–Crippen MR) is 50.0 cm³/mol. The zero-order valence-electron chi connectivity index (χ0n) is 8.35. The normalized spacial score (nSPS) is 36.4. The molecule has 1 saturated heterocycles. The zero-order valence-corrected chi connectivity index (χ0v) is 8.35. The molecule has 16 heavy (non-hydrogen) atoms. The molecule has 0 aromatic carbocycles. The summed E-state index contributed by atoms with van der Waals surface area (Å²) in [6.45, 7) is 0.249. The van der Waals surface area contributed by atoms with Crippen molar-refractivity contribution in [1.82, 2.24) is 4.98 Å². The van der Waals surface area contributed by atoms with Crippen molar-refractivity contribution >= 4 is 5.82 Å². The molecule has 3 heterocycles. The Labute approximate surface area is 91.0 Å². The molecule has 1 fully saturated rings. The van der Waals surface area contributed by atoms with Gasteiger partial charge in [0.1, 0.15) is 18.9 Å². The van der Waals surface area contributed by atoms with Crippen molar-refractivity contribution < 1.29 is 24.3 Å². The van der Waals surface area contributed by atoms with Crippen LogP contribution in [0.3, 0.4) is 0 Å². The van der Waals surface area contributed by atoms with Gasteiger partial charge in [0.05, 0.1) is 5.92 Å². The van der Waals surface area contributed by atoms with Crippen LogP contribution >= 0.6 is 0 Å². The number of aromatic nitrogens is 2. The average Bonchev–Trinajstić information content (AvgIpc) is 2.55. The highest BCUT2D eigenvalue weighted by Crippen LogP contribution is 2.33. The molecule has 0 aliphatic carbocycles. The number of nitrogen functional groups attached to an aromatic ring is 1. The van der Waals surface area contributed by atoms with Crippen LogP contribution in [0.2, 0.25) is 0 Å². The first-order valence-corrected chi connectivity index (χ1v) is 4.99. The number of hydrogen-bond donors (Lipinski definition) is 3. The maximum Gasteiger partial charge on any atom is 0.502 e. The Hall–Kier alpha value is -1.44. The molecule has 4 unspecified atom stereocenters. The second-order valence-corrected chi connectivity index (χ2v) is 3.92. The summed E-state index contributed by atoms with van der Waals surface area (Å²) in [6, 6.07) is 1.94. The van der Waals surface area contributed by atoms with Crippen LogP contribution in [-0.2, 0) is 4.74 Å². The number of aliphatic hydroxyl groups is 2. The third-order valence-corrected chi connectivity index (χ3v) is 2.91. The van der Waals surface area contributed by atoms with Crippen molar-refractivity contribution in [1.29, 1.82) is 0 Å². The second-order valence-electron chi connectivity index (χ2n) is 3.92. The van der Waals surface area contributed by atoms with E-state index in [0.717, 1.165) is 0 Å². The lowest BCUT2D eigenvalue weighted by Crippen LogP contribution is -2.51. The third-order valence-electron chi connectivity index (χ3n) is 2.91. The van der Waals surface area contributed by atoms with Crippen LogP contribution in [0.15, 0.2) is 12.3 Å².